The lowest BCUT2D eigenvalue weighted by Gasteiger charge is -2.19. The first-order valence-electron chi connectivity index (χ1n) is 5.07. The van der Waals surface area contributed by atoms with Crippen molar-refractivity contribution in [3.05, 3.63) is 12.2 Å². The van der Waals surface area contributed by atoms with Gasteiger partial charge in [0.05, 0.1) is 6.61 Å². The topological polar surface area (TPSA) is 9.23 Å². The molecule has 0 aromatic rings. The molecule has 0 radical (unpaired) electrons. The Morgan fingerprint density at radius 3 is 2.58 bits per heavy atom. The highest BCUT2D eigenvalue weighted by atomic mass is 16.5. The largest absolute Gasteiger partial charge is 0.381 e. The van der Waals surface area contributed by atoms with Gasteiger partial charge in [-0.25, -0.2) is 0 Å². The highest BCUT2D eigenvalue weighted by Crippen LogP contribution is 2.26. The van der Waals surface area contributed by atoms with Gasteiger partial charge >= 0.3 is 0 Å². The number of allylic oxidation sites excluding steroid dienone is 1. The quantitative estimate of drug-likeness (QED) is 0.586. The van der Waals surface area contributed by atoms with Gasteiger partial charge in [-0.2, -0.15) is 0 Å². The van der Waals surface area contributed by atoms with Crippen LogP contribution in [0.2, 0.25) is 0 Å². The fourth-order valence-corrected chi connectivity index (χ4v) is 1.88. The molecule has 0 amide bonds. The number of ether oxygens (including phenoxy) is 1. The summed E-state index contributed by atoms with van der Waals surface area (Å²) in [6, 6.07) is 0. The van der Waals surface area contributed by atoms with Crippen molar-refractivity contribution in [2.24, 2.45) is 5.92 Å². The molecule has 0 aliphatic heterocycles. The van der Waals surface area contributed by atoms with Crippen LogP contribution in [-0.2, 0) is 4.74 Å². The van der Waals surface area contributed by atoms with Crippen LogP contribution in [0.5, 0.6) is 0 Å². The summed E-state index contributed by atoms with van der Waals surface area (Å²) in [4.78, 5) is 0. The number of rotatable bonds is 4. The zero-order valence-electron chi connectivity index (χ0n) is 8.09. The third kappa shape index (κ3) is 3.91. The summed E-state index contributed by atoms with van der Waals surface area (Å²) in [5, 5.41) is 0. The first kappa shape index (κ1) is 9.79. The third-order valence-corrected chi connectivity index (χ3v) is 2.62. The van der Waals surface area contributed by atoms with E-state index in [2.05, 4.69) is 12.2 Å². The first-order chi connectivity index (χ1) is 5.93. The number of methoxy groups -OCH3 is 1. The predicted octanol–water partition coefficient (Wildman–Crippen LogP) is 3.16. The zero-order chi connectivity index (χ0) is 8.65. The van der Waals surface area contributed by atoms with Gasteiger partial charge in [0.15, 0.2) is 0 Å². The maximum absolute atomic E-state index is 4.94. The molecule has 0 aromatic heterocycles. The molecule has 0 spiro atoms. The second-order valence-electron chi connectivity index (χ2n) is 3.67. The molecule has 1 heteroatoms. The van der Waals surface area contributed by atoms with Crippen LogP contribution in [0.3, 0.4) is 0 Å². The van der Waals surface area contributed by atoms with Gasteiger partial charge in [0.25, 0.3) is 0 Å². The number of hydrogen-bond acceptors (Lipinski definition) is 1. The SMILES string of the molecule is COC/C=C/CC1CCCCC1. The van der Waals surface area contributed by atoms with Crippen LogP contribution in [0, 0.1) is 5.92 Å². The van der Waals surface area contributed by atoms with Crippen molar-refractivity contribution in [2.75, 3.05) is 13.7 Å². The fourth-order valence-electron chi connectivity index (χ4n) is 1.88. The van der Waals surface area contributed by atoms with Gasteiger partial charge < -0.3 is 4.74 Å². The normalized spacial score (nSPS) is 20.4. The van der Waals surface area contributed by atoms with Crippen molar-refractivity contribution in [1.29, 1.82) is 0 Å². The molecule has 0 bridgehead atoms. The van der Waals surface area contributed by atoms with Gasteiger partial charge in [0.2, 0.25) is 0 Å². The van der Waals surface area contributed by atoms with Gasteiger partial charge in [-0.1, -0.05) is 44.3 Å². The highest BCUT2D eigenvalue weighted by Gasteiger charge is 2.10. The van der Waals surface area contributed by atoms with Crippen LogP contribution in [0.25, 0.3) is 0 Å². The van der Waals surface area contributed by atoms with Gasteiger partial charge in [0, 0.05) is 7.11 Å². The Bertz CT molecular complexity index is 123. The minimum absolute atomic E-state index is 0.771. The van der Waals surface area contributed by atoms with Crippen molar-refractivity contribution < 1.29 is 4.74 Å². The Labute approximate surface area is 75.8 Å². The monoisotopic (exact) mass is 168 g/mol. The molecule has 0 atom stereocenters. The highest BCUT2D eigenvalue weighted by molar-refractivity contribution is 4.84. The molecule has 0 N–H and O–H groups in total. The predicted molar refractivity (Wildman–Crippen MR) is 52.2 cm³/mol. The van der Waals surface area contributed by atoms with E-state index in [4.69, 9.17) is 4.74 Å². The van der Waals surface area contributed by atoms with Gasteiger partial charge in [-0.3, -0.25) is 0 Å². The van der Waals surface area contributed by atoms with Crippen LogP contribution in [0.4, 0.5) is 0 Å². The second kappa shape index (κ2) is 6.24. The van der Waals surface area contributed by atoms with E-state index in [0.717, 1.165) is 12.5 Å². The van der Waals surface area contributed by atoms with E-state index < -0.39 is 0 Å². The maximum Gasteiger partial charge on any atom is 0.0643 e. The van der Waals surface area contributed by atoms with E-state index in [-0.39, 0.29) is 0 Å². The second-order valence-corrected chi connectivity index (χ2v) is 3.67. The van der Waals surface area contributed by atoms with Crippen LogP contribution in [0.1, 0.15) is 38.5 Å². The molecular weight excluding hydrogens is 148 g/mol. The minimum atomic E-state index is 0.771. The average Bonchev–Trinajstić information content (AvgIpc) is 2.14. The van der Waals surface area contributed by atoms with E-state index in [1.165, 1.54) is 38.5 Å². The number of hydrogen-bond donors (Lipinski definition) is 0. The summed E-state index contributed by atoms with van der Waals surface area (Å²) in [7, 11) is 1.74. The molecule has 1 fully saturated rings. The standard InChI is InChI=1S/C11H20O/c1-12-10-6-5-9-11-7-3-2-4-8-11/h5-6,11H,2-4,7-10H2,1H3/b6-5+. The Hall–Kier alpha value is -0.300. The smallest absolute Gasteiger partial charge is 0.0643 e. The summed E-state index contributed by atoms with van der Waals surface area (Å²) in [5.74, 6) is 0.965. The van der Waals surface area contributed by atoms with E-state index in [0.29, 0.717) is 0 Å². The summed E-state index contributed by atoms with van der Waals surface area (Å²) in [5.41, 5.74) is 0. The molecule has 0 unspecified atom stereocenters. The van der Waals surface area contributed by atoms with Crippen molar-refractivity contribution in [3.63, 3.8) is 0 Å². The van der Waals surface area contributed by atoms with Crippen LogP contribution < -0.4 is 0 Å². The van der Waals surface area contributed by atoms with E-state index >= 15 is 0 Å². The molecule has 1 rings (SSSR count). The van der Waals surface area contributed by atoms with Crippen molar-refractivity contribution in [1.82, 2.24) is 0 Å². The fraction of sp³-hybridized carbons (Fsp3) is 0.818. The zero-order valence-corrected chi connectivity index (χ0v) is 8.09. The molecule has 0 heterocycles. The average molecular weight is 168 g/mol. The summed E-state index contributed by atoms with van der Waals surface area (Å²) >= 11 is 0. The maximum atomic E-state index is 4.94. The van der Waals surface area contributed by atoms with Crippen molar-refractivity contribution in [2.45, 2.75) is 38.5 Å². The third-order valence-electron chi connectivity index (χ3n) is 2.62. The summed E-state index contributed by atoms with van der Waals surface area (Å²) in [6.07, 6.45) is 12.9. The summed E-state index contributed by atoms with van der Waals surface area (Å²) < 4.78 is 4.94. The van der Waals surface area contributed by atoms with Crippen LogP contribution in [0.15, 0.2) is 12.2 Å². The molecule has 70 valence electrons. The Morgan fingerprint density at radius 1 is 1.17 bits per heavy atom. The Morgan fingerprint density at radius 2 is 1.92 bits per heavy atom. The molecule has 1 nitrogen and oxygen atoms in total. The Kier molecular flexibility index (Phi) is 5.09. The molecule has 1 saturated carbocycles. The Balaban J connectivity index is 2.04. The molecule has 1 aliphatic rings. The van der Waals surface area contributed by atoms with E-state index in [9.17, 15) is 0 Å². The van der Waals surface area contributed by atoms with Crippen molar-refractivity contribution >= 4 is 0 Å². The van der Waals surface area contributed by atoms with Crippen LogP contribution in [-0.4, -0.2) is 13.7 Å². The van der Waals surface area contributed by atoms with Gasteiger partial charge in [-0.05, 0) is 12.3 Å². The first-order valence-corrected chi connectivity index (χ1v) is 5.07. The van der Waals surface area contributed by atoms with Gasteiger partial charge in [-0.15, -0.1) is 0 Å². The van der Waals surface area contributed by atoms with E-state index in [1.807, 2.05) is 0 Å². The lowest BCUT2D eigenvalue weighted by Crippen LogP contribution is -2.04. The minimum Gasteiger partial charge on any atom is -0.381 e. The molecule has 0 saturated heterocycles. The summed E-state index contributed by atoms with van der Waals surface area (Å²) in [6.45, 7) is 0.771. The van der Waals surface area contributed by atoms with E-state index in [1.54, 1.807) is 7.11 Å². The molecule has 1 aliphatic carbocycles. The molecule has 12 heavy (non-hydrogen) atoms. The van der Waals surface area contributed by atoms with Crippen molar-refractivity contribution in [3.8, 4) is 0 Å². The lowest BCUT2D eigenvalue weighted by atomic mass is 9.87. The van der Waals surface area contributed by atoms with Gasteiger partial charge in [0.1, 0.15) is 0 Å². The lowest BCUT2D eigenvalue weighted by molar-refractivity contribution is 0.233. The van der Waals surface area contributed by atoms with Crippen LogP contribution >= 0.6 is 0 Å². The molecular formula is C11H20O. The molecule has 0 aromatic carbocycles.